The van der Waals surface area contributed by atoms with Crippen molar-refractivity contribution in [3.8, 4) is 17.1 Å². The number of hydrogen-bond donors (Lipinski definition) is 0. The van der Waals surface area contributed by atoms with Crippen molar-refractivity contribution >= 4 is 23.2 Å². The van der Waals surface area contributed by atoms with Crippen LogP contribution in [0.1, 0.15) is 18.9 Å². The van der Waals surface area contributed by atoms with Gasteiger partial charge < -0.3 is 4.74 Å². The molecule has 0 radical (unpaired) electrons. The van der Waals surface area contributed by atoms with Crippen molar-refractivity contribution < 1.29 is 4.74 Å². The molecule has 0 atom stereocenters. The lowest BCUT2D eigenvalue weighted by atomic mass is 10.2. The van der Waals surface area contributed by atoms with E-state index in [4.69, 9.17) is 27.9 Å². The molecule has 5 heteroatoms. The molecular formula is C14H14Cl2N2O. The molecule has 1 heterocycles. The summed E-state index contributed by atoms with van der Waals surface area (Å²) in [6.07, 6.45) is 0.980. The fourth-order valence-electron chi connectivity index (χ4n) is 1.51. The van der Waals surface area contributed by atoms with Crippen LogP contribution in [0.4, 0.5) is 0 Å². The van der Waals surface area contributed by atoms with Gasteiger partial charge in [0.15, 0.2) is 5.82 Å². The topological polar surface area (TPSA) is 35.0 Å². The Hall–Kier alpha value is -1.32. The molecule has 19 heavy (non-hydrogen) atoms. The Balaban J connectivity index is 2.27. The Morgan fingerprint density at radius 1 is 1.05 bits per heavy atom. The molecule has 0 amide bonds. The van der Waals surface area contributed by atoms with Crippen LogP contribution in [-0.2, 0) is 0 Å². The molecule has 1 aromatic carbocycles. The van der Waals surface area contributed by atoms with Gasteiger partial charge in [-0.3, -0.25) is 0 Å². The highest BCUT2D eigenvalue weighted by molar-refractivity contribution is 6.34. The van der Waals surface area contributed by atoms with E-state index < -0.39 is 0 Å². The van der Waals surface area contributed by atoms with Crippen molar-refractivity contribution in [1.82, 2.24) is 9.97 Å². The first-order chi connectivity index (χ1) is 9.11. The van der Waals surface area contributed by atoms with Crippen LogP contribution < -0.4 is 4.74 Å². The number of benzene rings is 1. The normalized spacial score (nSPS) is 10.5. The van der Waals surface area contributed by atoms with Crippen LogP contribution in [0.3, 0.4) is 0 Å². The average Bonchev–Trinajstić information content (AvgIpc) is 2.42. The molecule has 0 fully saturated rings. The van der Waals surface area contributed by atoms with E-state index in [1.54, 1.807) is 6.92 Å². The van der Waals surface area contributed by atoms with Crippen LogP contribution in [-0.4, -0.2) is 16.6 Å². The van der Waals surface area contributed by atoms with Crippen molar-refractivity contribution in [1.29, 1.82) is 0 Å². The third kappa shape index (κ3) is 3.37. The van der Waals surface area contributed by atoms with Crippen LogP contribution in [0, 0.1) is 6.92 Å². The monoisotopic (exact) mass is 296 g/mol. The smallest absolute Gasteiger partial charge is 0.162 e. The van der Waals surface area contributed by atoms with Gasteiger partial charge in [-0.25, -0.2) is 9.97 Å². The molecule has 0 aliphatic heterocycles. The van der Waals surface area contributed by atoms with Crippen molar-refractivity contribution in [3.63, 3.8) is 0 Å². The molecule has 0 saturated heterocycles. The zero-order valence-electron chi connectivity index (χ0n) is 10.8. The first kappa shape index (κ1) is 14.1. The molecule has 2 aromatic rings. The molecule has 0 N–H and O–H groups in total. The summed E-state index contributed by atoms with van der Waals surface area (Å²) in [5, 5.41) is 0.752. The largest absolute Gasteiger partial charge is 0.494 e. The number of nitrogens with zero attached hydrogens (tertiary/aromatic N) is 2. The fourth-order valence-corrected chi connectivity index (χ4v) is 1.90. The van der Waals surface area contributed by atoms with Gasteiger partial charge >= 0.3 is 0 Å². The summed E-state index contributed by atoms with van der Waals surface area (Å²) < 4.78 is 5.52. The van der Waals surface area contributed by atoms with Gasteiger partial charge in [-0.15, -0.1) is 0 Å². The minimum atomic E-state index is 0.376. The molecule has 0 spiro atoms. The van der Waals surface area contributed by atoms with Gasteiger partial charge in [-0.1, -0.05) is 30.1 Å². The highest BCUT2D eigenvalue weighted by Crippen LogP contribution is 2.25. The van der Waals surface area contributed by atoms with Crippen LogP contribution in [0.15, 0.2) is 24.3 Å². The van der Waals surface area contributed by atoms with Crippen molar-refractivity contribution in [3.05, 3.63) is 40.1 Å². The molecule has 0 aliphatic rings. The van der Waals surface area contributed by atoms with Crippen molar-refractivity contribution in [2.75, 3.05) is 6.61 Å². The zero-order valence-corrected chi connectivity index (χ0v) is 12.3. The maximum absolute atomic E-state index is 6.01. The summed E-state index contributed by atoms with van der Waals surface area (Å²) in [6, 6.07) is 7.55. The van der Waals surface area contributed by atoms with E-state index >= 15 is 0 Å². The quantitative estimate of drug-likeness (QED) is 0.777. The second-order valence-corrected chi connectivity index (χ2v) is 4.84. The number of rotatable bonds is 4. The van der Waals surface area contributed by atoms with Crippen LogP contribution in [0.25, 0.3) is 11.4 Å². The van der Waals surface area contributed by atoms with E-state index in [1.807, 2.05) is 24.3 Å². The second kappa shape index (κ2) is 6.22. The number of aromatic nitrogens is 2. The maximum atomic E-state index is 6.01. The molecule has 0 bridgehead atoms. The Kier molecular flexibility index (Phi) is 4.61. The highest BCUT2D eigenvalue weighted by atomic mass is 35.5. The molecule has 0 unspecified atom stereocenters. The molecular weight excluding hydrogens is 283 g/mol. The lowest BCUT2D eigenvalue weighted by Crippen LogP contribution is -1.96. The van der Waals surface area contributed by atoms with Crippen molar-refractivity contribution in [2.45, 2.75) is 20.3 Å². The van der Waals surface area contributed by atoms with Crippen LogP contribution in [0.2, 0.25) is 10.3 Å². The average molecular weight is 297 g/mol. The molecule has 0 saturated carbocycles. The van der Waals surface area contributed by atoms with Crippen LogP contribution >= 0.6 is 23.2 Å². The van der Waals surface area contributed by atoms with E-state index in [0.717, 1.165) is 17.7 Å². The first-order valence-corrected chi connectivity index (χ1v) is 6.80. The van der Waals surface area contributed by atoms with E-state index in [0.29, 0.717) is 28.3 Å². The van der Waals surface area contributed by atoms with Crippen LogP contribution in [0.5, 0.6) is 5.75 Å². The third-order valence-electron chi connectivity index (χ3n) is 2.61. The summed E-state index contributed by atoms with van der Waals surface area (Å²) in [5.74, 6) is 1.34. The van der Waals surface area contributed by atoms with E-state index in [9.17, 15) is 0 Å². The van der Waals surface area contributed by atoms with E-state index in [-0.39, 0.29) is 0 Å². The third-order valence-corrected chi connectivity index (χ3v) is 3.35. The predicted molar refractivity (Wildman–Crippen MR) is 78.0 cm³/mol. The highest BCUT2D eigenvalue weighted by Gasteiger charge is 2.09. The summed E-state index contributed by atoms with van der Waals surface area (Å²) in [4.78, 5) is 8.45. The summed E-state index contributed by atoms with van der Waals surface area (Å²) >= 11 is 12.0. The Morgan fingerprint density at radius 3 is 2.16 bits per heavy atom. The number of ether oxygens (including phenoxy) is 1. The summed E-state index contributed by atoms with van der Waals surface area (Å²) in [5.41, 5.74) is 1.54. The van der Waals surface area contributed by atoms with Gasteiger partial charge in [0.25, 0.3) is 0 Å². The van der Waals surface area contributed by atoms with E-state index in [1.165, 1.54) is 0 Å². The predicted octanol–water partition coefficient (Wildman–Crippen LogP) is 4.55. The maximum Gasteiger partial charge on any atom is 0.162 e. The Bertz CT molecular complexity index is 547. The summed E-state index contributed by atoms with van der Waals surface area (Å²) in [7, 11) is 0. The Morgan fingerprint density at radius 2 is 1.63 bits per heavy atom. The van der Waals surface area contributed by atoms with Gasteiger partial charge in [0.1, 0.15) is 16.1 Å². The lowest BCUT2D eigenvalue weighted by molar-refractivity contribution is 0.317. The van der Waals surface area contributed by atoms with Gasteiger partial charge in [0.2, 0.25) is 0 Å². The molecule has 100 valence electrons. The zero-order chi connectivity index (χ0) is 13.8. The summed E-state index contributed by atoms with van der Waals surface area (Å²) in [6.45, 7) is 4.56. The van der Waals surface area contributed by atoms with Crippen molar-refractivity contribution in [2.24, 2.45) is 0 Å². The number of halogens is 2. The molecule has 3 nitrogen and oxygen atoms in total. The Labute approximate surface area is 122 Å². The second-order valence-electron chi connectivity index (χ2n) is 4.13. The minimum Gasteiger partial charge on any atom is -0.494 e. The van der Waals surface area contributed by atoms with Gasteiger partial charge in [0.05, 0.1) is 6.61 Å². The number of hydrogen-bond acceptors (Lipinski definition) is 3. The standard InChI is InChI=1S/C14H14Cl2N2O/c1-3-8-19-11-6-4-10(5-7-11)14-17-12(15)9(2)13(16)18-14/h4-7H,3,8H2,1-2H3. The SMILES string of the molecule is CCCOc1ccc(-c2nc(Cl)c(C)c(Cl)n2)cc1. The van der Waals surface area contributed by atoms with Gasteiger partial charge in [0, 0.05) is 11.1 Å². The van der Waals surface area contributed by atoms with Gasteiger partial charge in [-0.05, 0) is 37.6 Å². The fraction of sp³-hybridized carbons (Fsp3) is 0.286. The van der Waals surface area contributed by atoms with E-state index in [2.05, 4.69) is 16.9 Å². The van der Waals surface area contributed by atoms with Gasteiger partial charge in [-0.2, -0.15) is 0 Å². The lowest BCUT2D eigenvalue weighted by Gasteiger charge is -2.07. The molecule has 2 rings (SSSR count). The first-order valence-electron chi connectivity index (χ1n) is 6.04. The molecule has 1 aromatic heterocycles. The molecule has 0 aliphatic carbocycles. The minimum absolute atomic E-state index is 0.376.